The minimum atomic E-state index is -1.43. The highest BCUT2D eigenvalue weighted by molar-refractivity contribution is 5.78. The Morgan fingerprint density at radius 3 is 2.25 bits per heavy atom. The molecule has 1 N–H and O–H groups in total. The molecule has 5 heteroatoms. The lowest BCUT2D eigenvalue weighted by atomic mass is 10.2. The molecule has 0 radical (unpaired) electrons. The Morgan fingerprint density at radius 2 is 2.00 bits per heavy atom. The monoisotopic (exact) mass is 175 g/mol. The summed E-state index contributed by atoms with van der Waals surface area (Å²) in [7, 11) is 0. The number of hydrogen-bond acceptors (Lipinski definition) is 4. The molecule has 0 heterocycles. The Hall–Kier alpha value is -1.10. The largest absolute Gasteiger partial charge is 0.550 e. The van der Waals surface area contributed by atoms with E-state index < -0.39 is 24.5 Å². The first-order chi connectivity index (χ1) is 5.43. The van der Waals surface area contributed by atoms with Crippen LogP contribution in [0.1, 0.15) is 20.3 Å². The van der Waals surface area contributed by atoms with E-state index in [0.29, 0.717) is 0 Å². The molecule has 1 unspecified atom stereocenters. The summed E-state index contributed by atoms with van der Waals surface area (Å²) in [6, 6.07) is 0. The second kappa shape index (κ2) is 4.71. The van der Waals surface area contributed by atoms with E-state index in [1.165, 1.54) is 0 Å². The topological polar surface area (TPSA) is 86.7 Å². The van der Waals surface area contributed by atoms with Crippen molar-refractivity contribution in [3.63, 3.8) is 0 Å². The van der Waals surface area contributed by atoms with Crippen LogP contribution in [0.25, 0.3) is 0 Å². The van der Waals surface area contributed by atoms with Crippen LogP contribution in [0.15, 0.2) is 0 Å². The Bertz CT molecular complexity index is 175. The van der Waals surface area contributed by atoms with Gasteiger partial charge in [0, 0.05) is 12.4 Å². The molecule has 0 aromatic heterocycles. The predicted molar refractivity (Wildman–Crippen MR) is 37.3 cm³/mol. The predicted octanol–water partition coefficient (Wildman–Crippen LogP) is -0.995. The van der Waals surface area contributed by atoms with Gasteiger partial charge in [-0.3, -0.25) is 0 Å². The van der Waals surface area contributed by atoms with Gasteiger partial charge in [-0.25, -0.2) is 4.79 Å². The number of carbonyl (C=O) groups excluding carboxylic acids is 1. The van der Waals surface area contributed by atoms with E-state index >= 15 is 0 Å². The summed E-state index contributed by atoms with van der Waals surface area (Å²) in [6.45, 7) is 3.26. The first kappa shape index (κ1) is 10.9. The van der Waals surface area contributed by atoms with Gasteiger partial charge in [0.05, 0.1) is 6.10 Å². The molecule has 1 atom stereocenters. The number of rotatable bonds is 5. The van der Waals surface area contributed by atoms with Crippen molar-refractivity contribution in [2.24, 2.45) is 0 Å². The molecule has 0 aromatic carbocycles. The van der Waals surface area contributed by atoms with Crippen molar-refractivity contribution in [2.45, 2.75) is 32.5 Å². The van der Waals surface area contributed by atoms with Gasteiger partial charge in [-0.2, -0.15) is 0 Å². The minimum Gasteiger partial charge on any atom is -0.550 e. The number of carboxylic acids is 2. The van der Waals surface area contributed by atoms with Crippen molar-refractivity contribution in [3.8, 4) is 0 Å². The quantitative estimate of drug-likeness (QED) is 0.579. The maximum Gasteiger partial charge on any atom is 0.333 e. The molecule has 0 aromatic rings. The lowest BCUT2D eigenvalue weighted by molar-refractivity contribution is -0.307. The molecule has 0 bridgehead atoms. The van der Waals surface area contributed by atoms with Gasteiger partial charge >= 0.3 is 5.97 Å². The highest BCUT2D eigenvalue weighted by Gasteiger charge is 2.19. The van der Waals surface area contributed by atoms with Gasteiger partial charge in [0.25, 0.3) is 0 Å². The Morgan fingerprint density at radius 1 is 1.50 bits per heavy atom. The van der Waals surface area contributed by atoms with Crippen LogP contribution >= 0.6 is 0 Å². The summed E-state index contributed by atoms with van der Waals surface area (Å²) in [5, 5.41) is 18.5. The zero-order valence-corrected chi connectivity index (χ0v) is 6.94. The van der Waals surface area contributed by atoms with Crippen molar-refractivity contribution >= 4 is 11.9 Å². The molecule has 0 amide bonds. The summed E-state index contributed by atoms with van der Waals surface area (Å²) in [5.41, 5.74) is 0. The fourth-order valence-electron chi connectivity index (χ4n) is 0.674. The third-order valence-electron chi connectivity index (χ3n) is 1.06. The number of ether oxygens (including phenoxy) is 1. The lowest BCUT2D eigenvalue weighted by Crippen LogP contribution is -2.35. The fourth-order valence-corrected chi connectivity index (χ4v) is 0.674. The molecule has 0 aliphatic heterocycles. The van der Waals surface area contributed by atoms with Gasteiger partial charge < -0.3 is 19.7 Å². The molecule has 12 heavy (non-hydrogen) atoms. The second-order valence-corrected chi connectivity index (χ2v) is 2.59. The summed E-state index contributed by atoms with van der Waals surface area (Å²) >= 11 is 0. The van der Waals surface area contributed by atoms with E-state index in [4.69, 9.17) is 9.84 Å². The zero-order valence-electron chi connectivity index (χ0n) is 6.94. The molecule has 0 saturated carbocycles. The van der Waals surface area contributed by atoms with Gasteiger partial charge in [-0.1, -0.05) is 0 Å². The molecular weight excluding hydrogens is 164 g/mol. The average Bonchev–Trinajstić information content (AvgIpc) is 1.83. The molecule has 70 valence electrons. The summed E-state index contributed by atoms with van der Waals surface area (Å²) in [4.78, 5) is 20.4. The highest BCUT2D eigenvalue weighted by atomic mass is 16.5. The summed E-state index contributed by atoms with van der Waals surface area (Å²) in [5.74, 6) is -2.71. The number of aliphatic carboxylic acids is 2. The molecule has 0 saturated heterocycles. The fraction of sp³-hybridized carbons (Fsp3) is 0.714. The van der Waals surface area contributed by atoms with Crippen molar-refractivity contribution < 1.29 is 24.5 Å². The minimum absolute atomic E-state index is 0.314. The van der Waals surface area contributed by atoms with Crippen LogP contribution in [0.2, 0.25) is 0 Å². The van der Waals surface area contributed by atoms with Crippen LogP contribution in [-0.2, 0) is 14.3 Å². The molecule has 0 fully saturated rings. The standard InChI is InChI=1S/C7H12O5/c1-4(2)12-5(7(10)11)3-6(8)9/h4-5H,3H2,1-2H3,(H,8,9)(H,10,11)/p-1. The van der Waals surface area contributed by atoms with Gasteiger partial charge in [0.15, 0.2) is 6.10 Å². The third kappa shape index (κ3) is 4.68. The molecule has 0 aliphatic rings. The zero-order chi connectivity index (χ0) is 9.72. The number of hydrogen-bond donors (Lipinski definition) is 1. The maximum absolute atomic E-state index is 10.4. The van der Waals surface area contributed by atoms with Gasteiger partial charge in [-0.05, 0) is 13.8 Å². The van der Waals surface area contributed by atoms with E-state index in [1.54, 1.807) is 13.8 Å². The first-order valence-electron chi connectivity index (χ1n) is 3.51. The first-order valence-corrected chi connectivity index (χ1v) is 3.51. The normalized spacial score (nSPS) is 12.9. The second-order valence-electron chi connectivity index (χ2n) is 2.59. The van der Waals surface area contributed by atoms with Crippen LogP contribution in [0.5, 0.6) is 0 Å². The molecular formula is C7H11O5-. The van der Waals surface area contributed by atoms with Crippen molar-refractivity contribution in [1.29, 1.82) is 0 Å². The van der Waals surface area contributed by atoms with Crippen molar-refractivity contribution in [2.75, 3.05) is 0 Å². The van der Waals surface area contributed by atoms with E-state index in [9.17, 15) is 14.7 Å². The molecule has 5 nitrogen and oxygen atoms in total. The van der Waals surface area contributed by atoms with Gasteiger partial charge in [-0.15, -0.1) is 0 Å². The van der Waals surface area contributed by atoms with Crippen molar-refractivity contribution in [1.82, 2.24) is 0 Å². The highest BCUT2D eigenvalue weighted by Crippen LogP contribution is 2.02. The average molecular weight is 175 g/mol. The molecule has 0 rings (SSSR count). The van der Waals surface area contributed by atoms with E-state index in [1.807, 2.05) is 0 Å². The van der Waals surface area contributed by atoms with Crippen LogP contribution < -0.4 is 5.11 Å². The lowest BCUT2D eigenvalue weighted by Gasteiger charge is -2.16. The Kier molecular flexibility index (Phi) is 4.28. The summed E-state index contributed by atoms with van der Waals surface area (Å²) < 4.78 is 4.80. The van der Waals surface area contributed by atoms with Crippen LogP contribution in [0, 0.1) is 0 Å². The Balaban J connectivity index is 4.04. The van der Waals surface area contributed by atoms with Crippen LogP contribution in [0.3, 0.4) is 0 Å². The number of carboxylic acid groups (broad SMARTS) is 2. The Labute approximate surface area is 70.0 Å². The summed E-state index contributed by atoms with van der Waals surface area (Å²) in [6.07, 6.45) is -2.24. The SMILES string of the molecule is CC(C)OC(CC(=O)[O-])C(=O)O. The van der Waals surface area contributed by atoms with E-state index in [2.05, 4.69) is 0 Å². The molecule has 0 spiro atoms. The van der Waals surface area contributed by atoms with Crippen LogP contribution in [0.4, 0.5) is 0 Å². The van der Waals surface area contributed by atoms with Crippen molar-refractivity contribution in [3.05, 3.63) is 0 Å². The smallest absolute Gasteiger partial charge is 0.333 e. The maximum atomic E-state index is 10.4. The van der Waals surface area contributed by atoms with E-state index in [-0.39, 0.29) is 6.10 Å². The molecule has 0 aliphatic carbocycles. The van der Waals surface area contributed by atoms with E-state index in [0.717, 1.165) is 0 Å². The number of carbonyl (C=O) groups is 2. The van der Waals surface area contributed by atoms with Gasteiger partial charge in [0.1, 0.15) is 0 Å². The van der Waals surface area contributed by atoms with Crippen LogP contribution in [-0.4, -0.2) is 29.3 Å². The van der Waals surface area contributed by atoms with Gasteiger partial charge in [0.2, 0.25) is 0 Å². The third-order valence-corrected chi connectivity index (χ3v) is 1.06.